The molecule has 0 aromatic heterocycles. The maximum atomic E-state index is 10.4. The number of hydrogen-bond acceptors (Lipinski definition) is 3. The number of hydrogen-bond donors (Lipinski definition) is 2. The van der Waals surface area contributed by atoms with Gasteiger partial charge in [-0.05, 0) is 31.0 Å². The van der Waals surface area contributed by atoms with E-state index in [0.717, 1.165) is 50.7 Å². The number of aliphatic hydroxyl groups is 1. The molecule has 2 aliphatic rings. The van der Waals surface area contributed by atoms with Gasteiger partial charge in [-0.15, -0.1) is 24.0 Å². The van der Waals surface area contributed by atoms with Crippen LogP contribution in [-0.2, 0) is 0 Å². The van der Waals surface area contributed by atoms with Gasteiger partial charge in [-0.1, -0.05) is 35.9 Å². The number of nitrogens with zero attached hydrogens (tertiary/aromatic N) is 3. The van der Waals surface area contributed by atoms with Crippen molar-refractivity contribution >= 4 is 41.5 Å². The van der Waals surface area contributed by atoms with Crippen molar-refractivity contribution < 1.29 is 5.11 Å². The van der Waals surface area contributed by atoms with E-state index in [0.29, 0.717) is 17.6 Å². The number of benzene rings is 1. The molecule has 144 valence electrons. The van der Waals surface area contributed by atoms with Crippen molar-refractivity contribution in [1.29, 1.82) is 0 Å². The van der Waals surface area contributed by atoms with E-state index in [2.05, 4.69) is 39.2 Å². The molecular formula is C19H28ClIN4O. The summed E-state index contributed by atoms with van der Waals surface area (Å²) in [6.45, 7) is 7.35. The second-order valence-electron chi connectivity index (χ2n) is 6.58. The number of likely N-dealkylation sites (tertiary alicyclic amines) is 1. The Morgan fingerprint density at radius 1 is 1.31 bits per heavy atom. The first-order valence-corrected chi connectivity index (χ1v) is 9.41. The Kier molecular flexibility index (Phi) is 8.66. The minimum absolute atomic E-state index is 0. The molecule has 1 saturated heterocycles. The van der Waals surface area contributed by atoms with Crippen molar-refractivity contribution in [2.45, 2.75) is 25.5 Å². The largest absolute Gasteiger partial charge is 0.386 e. The third-order valence-electron chi connectivity index (χ3n) is 4.83. The minimum atomic E-state index is -0.618. The molecule has 2 atom stereocenters. The molecule has 0 radical (unpaired) electrons. The Morgan fingerprint density at radius 3 is 2.65 bits per heavy atom. The topological polar surface area (TPSA) is 51.1 Å². The zero-order chi connectivity index (χ0) is 17.6. The molecule has 0 amide bonds. The van der Waals surface area contributed by atoms with E-state index in [9.17, 15) is 5.11 Å². The molecule has 7 heteroatoms. The molecule has 2 N–H and O–H groups in total. The number of rotatable bonds is 5. The molecule has 2 aliphatic heterocycles. The van der Waals surface area contributed by atoms with E-state index >= 15 is 0 Å². The molecule has 3 rings (SSSR count). The van der Waals surface area contributed by atoms with Gasteiger partial charge in [0.2, 0.25) is 0 Å². The van der Waals surface area contributed by atoms with Crippen LogP contribution in [0.5, 0.6) is 0 Å². The maximum absolute atomic E-state index is 10.4. The molecule has 5 nitrogen and oxygen atoms in total. The van der Waals surface area contributed by atoms with Crippen LogP contribution >= 0.6 is 35.6 Å². The van der Waals surface area contributed by atoms with Crippen molar-refractivity contribution in [3.05, 3.63) is 47.0 Å². The highest BCUT2D eigenvalue weighted by Crippen LogP contribution is 2.19. The number of halogens is 2. The van der Waals surface area contributed by atoms with Crippen LogP contribution in [0, 0.1) is 0 Å². The first kappa shape index (κ1) is 21.5. The summed E-state index contributed by atoms with van der Waals surface area (Å²) in [6.07, 6.45) is 5.02. The summed E-state index contributed by atoms with van der Waals surface area (Å²) >= 11 is 5.90. The van der Waals surface area contributed by atoms with E-state index in [1.165, 1.54) is 0 Å². The van der Waals surface area contributed by atoms with E-state index in [-0.39, 0.29) is 24.0 Å². The van der Waals surface area contributed by atoms with Gasteiger partial charge in [-0.3, -0.25) is 9.89 Å². The van der Waals surface area contributed by atoms with Gasteiger partial charge in [0.05, 0.1) is 12.6 Å². The van der Waals surface area contributed by atoms with Gasteiger partial charge in [0.25, 0.3) is 0 Å². The number of nitrogens with one attached hydrogen (secondary N) is 1. The van der Waals surface area contributed by atoms with Crippen LogP contribution in [0.4, 0.5) is 0 Å². The Labute approximate surface area is 178 Å². The molecule has 0 aliphatic carbocycles. The minimum Gasteiger partial charge on any atom is -0.386 e. The Morgan fingerprint density at radius 2 is 2.00 bits per heavy atom. The Balaban J connectivity index is 0.00000243. The lowest BCUT2D eigenvalue weighted by Gasteiger charge is -2.25. The first-order chi connectivity index (χ1) is 12.2. The summed E-state index contributed by atoms with van der Waals surface area (Å²) < 4.78 is 0. The van der Waals surface area contributed by atoms with Crippen molar-refractivity contribution in [3.63, 3.8) is 0 Å². The van der Waals surface area contributed by atoms with Gasteiger partial charge < -0.3 is 15.3 Å². The standard InChI is InChI=1S/C19H27ClN4O.HI/c1-2-21-19(22-13-18(25)15-5-7-16(20)8-6-15)24-12-9-17(14-24)23-10-3-4-11-23;/h3-8,17-18,25H,2,9-14H2,1H3,(H,21,22);1H. The highest BCUT2D eigenvalue weighted by molar-refractivity contribution is 14.0. The van der Waals surface area contributed by atoms with Crippen LogP contribution in [0.2, 0.25) is 5.02 Å². The number of guanidine groups is 1. The highest BCUT2D eigenvalue weighted by Gasteiger charge is 2.29. The molecule has 0 bridgehead atoms. The molecule has 2 heterocycles. The van der Waals surface area contributed by atoms with E-state index in [4.69, 9.17) is 11.6 Å². The fourth-order valence-electron chi connectivity index (χ4n) is 3.41. The quantitative estimate of drug-likeness (QED) is 0.288. The van der Waals surface area contributed by atoms with Crippen LogP contribution in [-0.4, -0.2) is 66.2 Å². The smallest absolute Gasteiger partial charge is 0.194 e. The van der Waals surface area contributed by atoms with Crippen LogP contribution < -0.4 is 5.32 Å². The molecule has 1 fully saturated rings. The maximum Gasteiger partial charge on any atom is 0.194 e. The first-order valence-electron chi connectivity index (χ1n) is 9.03. The van der Waals surface area contributed by atoms with Gasteiger partial charge in [0.1, 0.15) is 0 Å². The van der Waals surface area contributed by atoms with Gasteiger partial charge in [0, 0.05) is 43.8 Å². The Hall–Kier alpha value is -0.830. The molecule has 1 aromatic carbocycles. The summed E-state index contributed by atoms with van der Waals surface area (Å²) in [7, 11) is 0. The van der Waals surface area contributed by atoms with Crippen molar-refractivity contribution in [3.8, 4) is 0 Å². The molecular weight excluding hydrogens is 463 g/mol. The van der Waals surface area contributed by atoms with E-state index in [1.54, 1.807) is 12.1 Å². The fourth-order valence-corrected chi connectivity index (χ4v) is 3.54. The molecule has 0 spiro atoms. The average Bonchev–Trinajstić information content (AvgIpc) is 3.30. The lowest BCUT2D eigenvalue weighted by molar-refractivity contribution is 0.186. The summed E-state index contributed by atoms with van der Waals surface area (Å²) in [5.74, 6) is 0.894. The fraction of sp³-hybridized carbons (Fsp3) is 0.526. The summed E-state index contributed by atoms with van der Waals surface area (Å²) in [5, 5.41) is 14.4. The zero-order valence-electron chi connectivity index (χ0n) is 15.1. The van der Waals surface area contributed by atoms with Crippen molar-refractivity contribution in [2.75, 3.05) is 39.3 Å². The predicted octanol–water partition coefficient (Wildman–Crippen LogP) is 2.90. The molecule has 0 saturated carbocycles. The normalized spacial score (nSPS) is 21.7. The third-order valence-corrected chi connectivity index (χ3v) is 5.08. The summed E-state index contributed by atoms with van der Waals surface area (Å²) in [4.78, 5) is 9.48. The van der Waals surface area contributed by atoms with E-state index < -0.39 is 6.10 Å². The predicted molar refractivity (Wildman–Crippen MR) is 118 cm³/mol. The second kappa shape index (κ2) is 10.5. The van der Waals surface area contributed by atoms with Crippen molar-refractivity contribution in [1.82, 2.24) is 15.1 Å². The number of aliphatic imine (C=N–C) groups is 1. The second-order valence-corrected chi connectivity index (χ2v) is 7.01. The monoisotopic (exact) mass is 490 g/mol. The van der Waals surface area contributed by atoms with E-state index in [1.807, 2.05) is 12.1 Å². The molecule has 1 aromatic rings. The van der Waals surface area contributed by atoms with Gasteiger partial charge in [-0.2, -0.15) is 0 Å². The lowest BCUT2D eigenvalue weighted by Crippen LogP contribution is -2.43. The third kappa shape index (κ3) is 5.58. The van der Waals surface area contributed by atoms with Crippen molar-refractivity contribution in [2.24, 2.45) is 4.99 Å². The highest BCUT2D eigenvalue weighted by atomic mass is 127. The summed E-state index contributed by atoms with van der Waals surface area (Å²) in [6, 6.07) is 7.87. The Bertz CT molecular complexity index is 614. The molecule has 26 heavy (non-hydrogen) atoms. The zero-order valence-corrected chi connectivity index (χ0v) is 18.2. The van der Waals surface area contributed by atoms with Crippen LogP contribution in [0.15, 0.2) is 41.4 Å². The van der Waals surface area contributed by atoms with Crippen LogP contribution in [0.1, 0.15) is 25.0 Å². The van der Waals surface area contributed by atoms with Gasteiger partial charge >= 0.3 is 0 Å². The van der Waals surface area contributed by atoms with Crippen LogP contribution in [0.25, 0.3) is 0 Å². The summed E-state index contributed by atoms with van der Waals surface area (Å²) in [5.41, 5.74) is 0.839. The number of aliphatic hydroxyl groups excluding tert-OH is 1. The van der Waals surface area contributed by atoms with Gasteiger partial charge in [0.15, 0.2) is 5.96 Å². The van der Waals surface area contributed by atoms with Crippen LogP contribution in [0.3, 0.4) is 0 Å². The lowest BCUT2D eigenvalue weighted by atomic mass is 10.1. The average molecular weight is 491 g/mol. The molecule has 2 unspecified atom stereocenters. The van der Waals surface area contributed by atoms with Gasteiger partial charge in [-0.25, -0.2) is 0 Å². The SMILES string of the molecule is CCNC(=NCC(O)c1ccc(Cl)cc1)N1CCC(N2CC=CC2)C1.I.